The van der Waals surface area contributed by atoms with E-state index in [1.807, 2.05) is 39.0 Å². The standard InChI is InChI=1S/C20H23N3O2S/c1-5-15-10-16-19(26-15)21-11-23(20(16)25)17(6-2)18(24)22-14-8-12(3)7-13(4)9-14/h7-11,17H,5-6H2,1-4H3,(H,22,24). The number of nitrogens with zero attached hydrogens (tertiary/aromatic N) is 2. The lowest BCUT2D eigenvalue weighted by molar-refractivity contribution is -0.119. The minimum absolute atomic E-state index is 0.159. The number of hydrogen-bond acceptors (Lipinski definition) is 4. The van der Waals surface area contributed by atoms with Gasteiger partial charge < -0.3 is 5.32 Å². The number of aromatic nitrogens is 2. The first-order valence-corrected chi connectivity index (χ1v) is 9.63. The number of benzene rings is 1. The van der Waals surface area contributed by atoms with E-state index in [1.165, 1.54) is 22.2 Å². The van der Waals surface area contributed by atoms with Gasteiger partial charge in [0.1, 0.15) is 10.9 Å². The topological polar surface area (TPSA) is 64.0 Å². The maximum Gasteiger partial charge on any atom is 0.262 e. The van der Waals surface area contributed by atoms with Crippen LogP contribution in [0, 0.1) is 13.8 Å². The van der Waals surface area contributed by atoms with Crippen molar-refractivity contribution in [2.24, 2.45) is 0 Å². The first-order valence-electron chi connectivity index (χ1n) is 8.81. The zero-order chi connectivity index (χ0) is 18.8. The van der Waals surface area contributed by atoms with Gasteiger partial charge in [-0.2, -0.15) is 0 Å². The fourth-order valence-electron chi connectivity index (χ4n) is 3.16. The Bertz CT molecular complexity index is 999. The van der Waals surface area contributed by atoms with Crippen LogP contribution >= 0.6 is 11.3 Å². The molecule has 0 bridgehead atoms. The lowest BCUT2D eigenvalue weighted by atomic mass is 10.1. The van der Waals surface area contributed by atoms with E-state index in [9.17, 15) is 9.59 Å². The molecular weight excluding hydrogens is 346 g/mol. The van der Waals surface area contributed by atoms with Gasteiger partial charge in [-0.25, -0.2) is 4.98 Å². The van der Waals surface area contributed by atoms with Crippen molar-refractivity contribution in [1.82, 2.24) is 9.55 Å². The fraction of sp³-hybridized carbons (Fsp3) is 0.350. The molecule has 2 heterocycles. The van der Waals surface area contributed by atoms with E-state index in [0.717, 1.165) is 32.9 Å². The van der Waals surface area contributed by atoms with Crippen LogP contribution in [-0.4, -0.2) is 15.5 Å². The van der Waals surface area contributed by atoms with Crippen molar-refractivity contribution >= 4 is 33.1 Å². The molecule has 3 aromatic rings. The summed E-state index contributed by atoms with van der Waals surface area (Å²) in [5, 5.41) is 3.53. The third-order valence-corrected chi connectivity index (χ3v) is 5.58. The molecule has 0 spiro atoms. The van der Waals surface area contributed by atoms with Crippen molar-refractivity contribution in [2.75, 3.05) is 5.32 Å². The highest BCUT2D eigenvalue weighted by Gasteiger charge is 2.21. The third-order valence-electron chi connectivity index (χ3n) is 4.39. The molecule has 0 saturated carbocycles. The van der Waals surface area contributed by atoms with Gasteiger partial charge in [-0.15, -0.1) is 11.3 Å². The summed E-state index contributed by atoms with van der Waals surface area (Å²) in [4.78, 5) is 31.9. The SMILES string of the molecule is CCc1cc2c(=O)n(C(CC)C(=O)Nc3cc(C)cc(C)c3)cnc2s1. The number of amides is 1. The normalized spacial score (nSPS) is 12.3. The largest absolute Gasteiger partial charge is 0.324 e. The van der Waals surface area contributed by atoms with Gasteiger partial charge in [0, 0.05) is 10.6 Å². The van der Waals surface area contributed by atoms with Crippen LogP contribution in [-0.2, 0) is 11.2 Å². The number of thiophene rings is 1. The maximum atomic E-state index is 12.9. The van der Waals surface area contributed by atoms with Crippen LogP contribution in [0.25, 0.3) is 10.2 Å². The summed E-state index contributed by atoms with van der Waals surface area (Å²) in [5.41, 5.74) is 2.75. The molecule has 1 aromatic carbocycles. The van der Waals surface area contributed by atoms with Gasteiger partial charge in [0.05, 0.1) is 11.7 Å². The molecule has 1 N–H and O–H groups in total. The molecule has 3 rings (SSSR count). The average Bonchev–Trinajstić information content (AvgIpc) is 3.01. The van der Waals surface area contributed by atoms with E-state index in [4.69, 9.17) is 0 Å². The summed E-state index contributed by atoms with van der Waals surface area (Å²) in [6.07, 6.45) is 2.87. The Kier molecular flexibility index (Phi) is 5.23. The minimum Gasteiger partial charge on any atom is -0.324 e. The average molecular weight is 369 g/mol. The molecule has 0 aliphatic rings. The zero-order valence-corrected chi connectivity index (χ0v) is 16.3. The number of hydrogen-bond donors (Lipinski definition) is 1. The number of nitrogens with one attached hydrogen (secondary N) is 1. The number of carbonyl (C=O) groups excluding carboxylic acids is 1. The molecule has 0 fully saturated rings. The van der Waals surface area contributed by atoms with Crippen molar-refractivity contribution in [3.05, 3.63) is 57.0 Å². The van der Waals surface area contributed by atoms with E-state index in [-0.39, 0.29) is 11.5 Å². The first-order chi connectivity index (χ1) is 12.4. The zero-order valence-electron chi connectivity index (χ0n) is 15.5. The van der Waals surface area contributed by atoms with Crippen molar-refractivity contribution in [2.45, 2.75) is 46.6 Å². The Morgan fingerprint density at radius 2 is 1.88 bits per heavy atom. The molecule has 6 heteroatoms. The van der Waals surface area contributed by atoms with E-state index in [1.54, 1.807) is 0 Å². The predicted molar refractivity (Wildman–Crippen MR) is 107 cm³/mol. The van der Waals surface area contributed by atoms with Gasteiger partial charge in [-0.05, 0) is 56.0 Å². The molecule has 1 unspecified atom stereocenters. The Balaban J connectivity index is 1.95. The Morgan fingerprint density at radius 1 is 1.19 bits per heavy atom. The molecule has 0 aliphatic heterocycles. The Morgan fingerprint density at radius 3 is 2.50 bits per heavy atom. The second kappa shape index (κ2) is 7.41. The molecule has 0 aliphatic carbocycles. The second-order valence-corrected chi connectivity index (χ2v) is 7.65. The van der Waals surface area contributed by atoms with Crippen molar-refractivity contribution in [1.29, 1.82) is 0 Å². The highest BCUT2D eigenvalue weighted by atomic mass is 32.1. The molecule has 26 heavy (non-hydrogen) atoms. The lowest BCUT2D eigenvalue weighted by Gasteiger charge is -2.18. The smallest absolute Gasteiger partial charge is 0.262 e. The molecule has 5 nitrogen and oxygen atoms in total. The third kappa shape index (κ3) is 3.55. The summed E-state index contributed by atoms with van der Waals surface area (Å²) in [7, 11) is 0. The van der Waals surface area contributed by atoms with Crippen LogP contribution in [0.4, 0.5) is 5.69 Å². The Hall–Kier alpha value is -2.47. The maximum absolute atomic E-state index is 12.9. The Labute approximate surface area is 156 Å². The van der Waals surface area contributed by atoms with Crippen molar-refractivity contribution < 1.29 is 4.79 Å². The molecule has 1 atom stereocenters. The van der Waals surface area contributed by atoms with E-state index < -0.39 is 6.04 Å². The molecule has 1 amide bonds. The summed E-state index contributed by atoms with van der Waals surface area (Å²) < 4.78 is 1.45. The van der Waals surface area contributed by atoms with Crippen molar-refractivity contribution in [3.8, 4) is 0 Å². The number of aryl methyl sites for hydroxylation is 3. The number of carbonyl (C=O) groups is 1. The molecular formula is C20H23N3O2S. The van der Waals surface area contributed by atoms with Gasteiger partial charge in [-0.3, -0.25) is 14.2 Å². The van der Waals surface area contributed by atoms with E-state index in [2.05, 4.69) is 23.3 Å². The summed E-state index contributed by atoms with van der Waals surface area (Å²) in [5.74, 6) is -0.202. The summed E-state index contributed by atoms with van der Waals surface area (Å²) >= 11 is 1.53. The van der Waals surface area contributed by atoms with Crippen LogP contribution in [0.5, 0.6) is 0 Å². The fourth-order valence-corrected chi connectivity index (χ4v) is 4.09. The molecule has 0 saturated heterocycles. The number of anilines is 1. The van der Waals surface area contributed by atoms with Gasteiger partial charge in [0.2, 0.25) is 5.91 Å². The van der Waals surface area contributed by atoms with Crippen LogP contribution in [0.15, 0.2) is 35.4 Å². The highest BCUT2D eigenvalue weighted by Crippen LogP contribution is 2.23. The molecule has 2 aromatic heterocycles. The monoisotopic (exact) mass is 369 g/mol. The molecule has 136 valence electrons. The molecule has 0 radical (unpaired) electrons. The second-order valence-electron chi connectivity index (χ2n) is 6.53. The number of rotatable bonds is 5. The van der Waals surface area contributed by atoms with Gasteiger partial charge in [-0.1, -0.05) is 19.9 Å². The summed E-state index contributed by atoms with van der Waals surface area (Å²) in [6.45, 7) is 7.93. The van der Waals surface area contributed by atoms with Gasteiger partial charge in [0.15, 0.2) is 0 Å². The van der Waals surface area contributed by atoms with Crippen LogP contribution in [0.1, 0.15) is 42.3 Å². The summed E-state index contributed by atoms with van der Waals surface area (Å²) in [6, 6.07) is 7.20. The van der Waals surface area contributed by atoms with E-state index in [0.29, 0.717) is 11.8 Å². The van der Waals surface area contributed by atoms with Gasteiger partial charge in [0.25, 0.3) is 5.56 Å². The number of fused-ring (bicyclic) bond motifs is 1. The quantitative estimate of drug-likeness (QED) is 0.732. The van der Waals surface area contributed by atoms with E-state index >= 15 is 0 Å². The highest BCUT2D eigenvalue weighted by molar-refractivity contribution is 7.18. The van der Waals surface area contributed by atoms with Crippen LogP contribution in [0.3, 0.4) is 0 Å². The van der Waals surface area contributed by atoms with Crippen LogP contribution < -0.4 is 10.9 Å². The predicted octanol–water partition coefficient (Wildman–Crippen LogP) is 4.23. The van der Waals surface area contributed by atoms with Gasteiger partial charge >= 0.3 is 0 Å². The van der Waals surface area contributed by atoms with Crippen LogP contribution in [0.2, 0.25) is 0 Å². The van der Waals surface area contributed by atoms with Crippen molar-refractivity contribution in [3.63, 3.8) is 0 Å². The first kappa shape index (κ1) is 18.3. The minimum atomic E-state index is -0.592. The lowest BCUT2D eigenvalue weighted by Crippen LogP contribution is -2.33.